The highest BCUT2D eigenvalue weighted by Gasteiger charge is 2.39. The molecule has 1 aliphatic rings. The Morgan fingerprint density at radius 3 is 2.78 bits per heavy atom. The summed E-state index contributed by atoms with van der Waals surface area (Å²) < 4.78 is 45.1. The number of hydrogen-bond donors (Lipinski definition) is 1. The summed E-state index contributed by atoms with van der Waals surface area (Å²) in [7, 11) is 1.16. The van der Waals surface area contributed by atoms with Gasteiger partial charge in [-0.25, -0.2) is 0 Å². The van der Waals surface area contributed by atoms with E-state index in [-0.39, 0.29) is 12.6 Å². The first-order chi connectivity index (χ1) is 10.8. The molecule has 130 valence electrons. The van der Waals surface area contributed by atoms with Gasteiger partial charge in [0.25, 0.3) is 5.91 Å². The van der Waals surface area contributed by atoms with E-state index in [0.29, 0.717) is 17.2 Å². The first-order valence-corrected chi connectivity index (χ1v) is 7.79. The molecule has 0 aliphatic heterocycles. The number of aromatic nitrogens is 2. The third kappa shape index (κ3) is 4.46. The Kier molecular flexibility index (Phi) is 5.67. The van der Waals surface area contributed by atoms with E-state index in [1.54, 1.807) is 0 Å². The van der Waals surface area contributed by atoms with Gasteiger partial charge in [0, 0.05) is 13.6 Å². The maximum Gasteiger partial charge on any atom is 0.433 e. The van der Waals surface area contributed by atoms with Crippen LogP contribution >= 0.6 is 0 Å². The minimum absolute atomic E-state index is 0.171. The van der Waals surface area contributed by atoms with E-state index >= 15 is 0 Å². The van der Waals surface area contributed by atoms with Crippen molar-refractivity contribution in [3.63, 3.8) is 0 Å². The molecule has 1 saturated carbocycles. The molecule has 0 bridgehead atoms. The van der Waals surface area contributed by atoms with Crippen molar-refractivity contribution in [1.82, 2.24) is 15.1 Å². The summed E-state index contributed by atoms with van der Waals surface area (Å²) in [5, 5.41) is 5.98. The van der Waals surface area contributed by atoms with E-state index in [4.69, 9.17) is 4.74 Å². The van der Waals surface area contributed by atoms with Crippen LogP contribution in [0.4, 0.5) is 13.2 Å². The first-order valence-electron chi connectivity index (χ1n) is 7.79. The monoisotopic (exact) mass is 333 g/mol. The van der Waals surface area contributed by atoms with Gasteiger partial charge in [-0.15, -0.1) is 0 Å². The zero-order chi connectivity index (χ0) is 17.0. The predicted molar refractivity (Wildman–Crippen MR) is 77.9 cm³/mol. The van der Waals surface area contributed by atoms with E-state index in [0.717, 1.165) is 32.5 Å². The van der Waals surface area contributed by atoms with Crippen LogP contribution in [-0.4, -0.2) is 34.9 Å². The third-order valence-electron chi connectivity index (χ3n) is 4.20. The molecular weight excluding hydrogens is 311 g/mol. The Hall–Kier alpha value is -1.57. The standard InChI is InChI=1S/C15H22F3N3O2/c1-10-5-3-4-6-12(10)23-8-7-19-14(22)11-9-20-21(2)13(11)15(16,17)18/h9-10,12H,3-8H2,1-2H3,(H,19,22)/t10-,12+/m1/s1. The van der Waals surface area contributed by atoms with Gasteiger partial charge >= 0.3 is 6.18 Å². The Morgan fingerprint density at radius 1 is 1.43 bits per heavy atom. The minimum atomic E-state index is -4.62. The summed E-state index contributed by atoms with van der Waals surface area (Å²) in [6.45, 7) is 2.60. The van der Waals surface area contributed by atoms with Gasteiger partial charge in [0.05, 0.1) is 24.5 Å². The maximum absolute atomic E-state index is 12.9. The molecule has 23 heavy (non-hydrogen) atoms. The molecule has 1 amide bonds. The number of rotatable bonds is 5. The summed E-state index contributed by atoms with van der Waals surface area (Å²) in [5.74, 6) is -0.305. The van der Waals surface area contributed by atoms with Crippen LogP contribution < -0.4 is 5.32 Å². The largest absolute Gasteiger partial charge is 0.433 e. The summed E-state index contributed by atoms with van der Waals surface area (Å²) in [5.41, 5.74) is -1.51. The molecule has 0 unspecified atom stereocenters. The molecule has 1 fully saturated rings. The zero-order valence-corrected chi connectivity index (χ0v) is 13.3. The van der Waals surface area contributed by atoms with E-state index in [2.05, 4.69) is 17.3 Å². The minimum Gasteiger partial charge on any atom is -0.376 e. The van der Waals surface area contributed by atoms with Crippen molar-refractivity contribution < 1.29 is 22.7 Å². The third-order valence-corrected chi connectivity index (χ3v) is 4.20. The van der Waals surface area contributed by atoms with Gasteiger partial charge in [0.1, 0.15) is 0 Å². The Balaban J connectivity index is 1.84. The van der Waals surface area contributed by atoms with Gasteiger partial charge < -0.3 is 10.1 Å². The van der Waals surface area contributed by atoms with E-state index in [9.17, 15) is 18.0 Å². The molecule has 2 rings (SSSR count). The Bertz CT molecular complexity index is 543. The zero-order valence-electron chi connectivity index (χ0n) is 13.3. The second-order valence-corrected chi connectivity index (χ2v) is 5.96. The van der Waals surface area contributed by atoms with Gasteiger partial charge in [-0.3, -0.25) is 9.48 Å². The fourth-order valence-corrected chi connectivity index (χ4v) is 2.94. The van der Waals surface area contributed by atoms with Crippen LogP contribution in [0, 0.1) is 5.92 Å². The van der Waals surface area contributed by atoms with Crippen LogP contribution in [0.25, 0.3) is 0 Å². The number of nitrogens with zero attached hydrogens (tertiary/aromatic N) is 2. The number of alkyl halides is 3. The second-order valence-electron chi connectivity index (χ2n) is 5.96. The fraction of sp³-hybridized carbons (Fsp3) is 0.733. The van der Waals surface area contributed by atoms with Crippen molar-refractivity contribution >= 4 is 5.91 Å². The van der Waals surface area contributed by atoms with Gasteiger partial charge in [-0.1, -0.05) is 19.8 Å². The molecule has 0 spiro atoms. The average molecular weight is 333 g/mol. The van der Waals surface area contributed by atoms with Crippen LogP contribution in [0.5, 0.6) is 0 Å². The average Bonchev–Trinajstić information content (AvgIpc) is 2.87. The second kappa shape index (κ2) is 7.33. The number of carbonyl (C=O) groups is 1. The molecular formula is C15H22F3N3O2. The molecule has 1 aliphatic carbocycles. The van der Waals surface area contributed by atoms with Gasteiger partial charge in [0.15, 0.2) is 5.69 Å². The van der Waals surface area contributed by atoms with E-state index in [1.165, 1.54) is 6.42 Å². The Morgan fingerprint density at radius 2 is 2.13 bits per heavy atom. The highest BCUT2D eigenvalue weighted by atomic mass is 19.4. The summed E-state index contributed by atoms with van der Waals surface area (Å²) in [4.78, 5) is 11.9. The van der Waals surface area contributed by atoms with Gasteiger partial charge in [-0.2, -0.15) is 18.3 Å². The maximum atomic E-state index is 12.9. The number of carbonyl (C=O) groups excluding carboxylic acids is 1. The van der Waals surface area contributed by atoms with Crippen molar-refractivity contribution in [3.8, 4) is 0 Å². The smallest absolute Gasteiger partial charge is 0.376 e. The lowest BCUT2D eigenvalue weighted by molar-refractivity contribution is -0.144. The van der Waals surface area contributed by atoms with Crippen molar-refractivity contribution in [2.24, 2.45) is 13.0 Å². The van der Waals surface area contributed by atoms with Crippen LogP contribution in [-0.2, 0) is 18.0 Å². The summed E-state index contributed by atoms with van der Waals surface area (Å²) in [6.07, 6.45) is 0.946. The topological polar surface area (TPSA) is 56.1 Å². The lowest BCUT2D eigenvalue weighted by Gasteiger charge is -2.28. The lowest BCUT2D eigenvalue weighted by Crippen LogP contribution is -2.32. The van der Waals surface area contributed by atoms with Gasteiger partial charge in [-0.05, 0) is 18.8 Å². The molecule has 1 heterocycles. The molecule has 8 heteroatoms. The molecule has 1 aromatic heterocycles. The molecule has 0 saturated heterocycles. The molecule has 1 N–H and O–H groups in total. The summed E-state index contributed by atoms with van der Waals surface area (Å²) >= 11 is 0. The number of amides is 1. The highest BCUT2D eigenvalue weighted by Crippen LogP contribution is 2.31. The van der Waals surface area contributed by atoms with Crippen molar-refractivity contribution in [2.75, 3.05) is 13.2 Å². The fourth-order valence-electron chi connectivity index (χ4n) is 2.94. The molecule has 0 radical (unpaired) electrons. The van der Waals surface area contributed by atoms with E-state index < -0.39 is 23.3 Å². The van der Waals surface area contributed by atoms with Crippen LogP contribution in [0.15, 0.2) is 6.20 Å². The van der Waals surface area contributed by atoms with Crippen LogP contribution in [0.2, 0.25) is 0 Å². The number of nitrogens with one attached hydrogen (secondary N) is 1. The number of aryl methyl sites for hydroxylation is 1. The van der Waals surface area contributed by atoms with Crippen LogP contribution in [0.1, 0.15) is 48.7 Å². The lowest BCUT2D eigenvalue weighted by atomic mass is 9.88. The normalized spacial score (nSPS) is 22.1. The summed E-state index contributed by atoms with van der Waals surface area (Å²) in [6, 6.07) is 0. The van der Waals surface area contributed by atoms with Crippen molar-refractivity contribution in [3.05, 3.63) is 17.5 Å². The predicted octanol–water partition coefficient (Wildman–Crippen LogP) is 2.76. The molecule has 0 aromatic carbocycles. The van der Waals surface area contributed by atoms with Crippen molar-refractivity contribution in [1.29, 1.82) is 0 Å². The SMILES string of the molecule is C[C@@H]1CCCC[C@@H]1OCCNC(=O)c1cnn(C)c1C(F)(F)F. The number of halogens is 3. The number of hydrogen-bond acceptors (Lipinski definition) is 3. The first kappa shape index (κ1) is 17.8. The van der Waals surface area contributed by atoms with E-state index in [1.807, 2.05) is 0 Å². The molecule has 2 atom stereocenters. The Labute approximate surface area is 133 Å². The molecule has 5 nitrogen and oxygen atoms in total. The van der Waals surface area contributed by atoms with Gasteiger partial charge in [0.2, 0.25) is 0 Å². The quantitative estimate of drug-likeness (QED) is 0.843. The number of ether oxygens (including phenoxy) is 1. The molecule has 1 aromatic rings. The highest BCUT2D eigenvalue weighted by molar-refractivity contribution is 5.95. The van der Waals surface area contributed by atoms with Crippen LogP contribution in [0.3, 0.4) is 0 Å². The van der Waals surface area contributed by atoms with Crippen molar-refractivity contribution in [2.45, 2.75) is 44.9 Å².